The van der Waals surface area contributed by atoms with Gasteiger partial charge in [0.15, 0.2) is 0 Å². The summed E-state index contributed by atoms with van der Waals surface area (Å²) in [7, 11) is 1.36. The molecule has 0 aromatic heterocycles. The number of ether oxygens (including phenoxy) is 2. The van der Waals surface area contributed by atoms with Crippen molar-refractivity contribution < 1.29 is 19.1 Å². The molecule has 0 unspecified atom stereocenters. The Balaban J connectivity index is 2.68. The van der Waals surface area contributed by atoms with Crippen molar-refractivity contribution in [3.63, 3.8) is 0 Å². The first-order valence-corrected chi connectivity index (χ1v) is 6.74. The zero-order valence-electron chi connectivity index (χ0n) is 12.7. The van der Waals surface area contributed by atoms with E-state index in [9.17, 15) is 9.59 Å². The van der Waals surface area contributed by atoms with E-state index in [0.717, 1.165) is 0 Å². The van der Waals surface area contributed by atoms with E-state index < -0.39 is 11.0 Å². The zero-order chi connectivity index (χ0) is 15.4. The average molecular weight is 281 g/mol. The lowest BCUT2D eigenvalue weighted by Crippen LogP contribution is -2.48. The Morgan fingerprint density at radius 1 is 1.30 bits per heavy atom. The van der Waals surface area contributed by atoms with Crippen LogP contribution in [0.15, 0.2) is 0 Å². The summed E-state index contributed by atoms with van der Waals surface area (Å²) in [5.41, 5.74) is -1.19. The number of hydrogen-bond acceptors (Lipinski definition) is 4. The van der Waals surface area contributed by atoms with E-state index in [0.29, 0.717) is 32.4 Å². The first kappa shape index (κ1) is 16.4. The molecule has 1 aliphatic rings. The number of methoxy groups -OCH3 is 1. The topological polar surface area (TPSA) is 55.8 Å². The molecule has 5 nitrogen and oxygen atoms in total. The lowest BCUT2D eigenvalue weighted by molar-refractivity contribution is -0.155. The van der Waals surface area contributed by atoms with Crippen molar-refractivity contribution in [3.05, 3.63) is 0 Å². The lowest BCUT2D eigenvalue weighted by Gasteiger charge is -2.39. The first-order chi connectivity index (χ1) is 9.24. The molecule has 20 heavy (non-hydrogen) atoms. The minimum atomic E-state index is -0.665. The van der Waals surface area contributed by atoms with Crippen LogP contribution in [0.5, 0.6) is 0 Å². The highest BCUT2D eigenvalue weighted by Gasteiger charge is 2.43. The highest BCUT2D eigenvalue weighted by atomic mass is 16.6. The van der Waals surface area contributed by atoms with E-state index in [4.69, 9.17) is 15.9 Å². The fraction of sp³-hybridized carbons (Fsp3) is 0.733. The van der Waals surface area contributed by atoms with Gasteiger partial charge in [-0.1, -0.05) is 0 Å². The normalized spacial score (nSPS) is 18.1. The summed E-state index contributed by atoms with van der Waals surface area (Å²) in [5, 5.41) is 0. The van der Waals surface area contributed by atoms with Gasteiger partial charge in [-0.15, -0.1) is 12.3 Å². The van der Waals surface area contributed by atoms with Crippen LogP contribution >= 0.6 is 0 Å². The molecule has 0 saturated carbocycles. The lowest BCUT2D eigenvalue weighted by atomic mass is 9.76. The van der Waals surface area contributed by atoms with Crippen molar-refractivity contribution in [1.82, 2.24) is 4.90 Å². The summed E-state index contributed by atoms with van der Waals surface area (Å²) in [4.78, 5) is 25.5. The molecule has 1 rings (SSSR count). The Morgan fingerprint density at radius 3 is 2.25 bits per heavy atom. The van der Waals surface area contributed by atoms with Crippen molar-refractivity contribution >= 4 is 12.1 Å². The number of rotatable bonds is 2. The Kier molecular flexibility index (Phi) is 5.04. The molecule has 0 bridgehead atoms. The van der Waals surface area contributed by atoms with Crippen molar-refractivity contribution in [2.24, 2.45) is 5.41 Å². The highest BCUT2D eigenvalue weighted by molar-refractivity contribution is 5.78. The molecule has 1 saturated heterocycles. The van der Waals surface area contributed by atoms with Crippen LogP contribution in [0, 0.1) is 17.8 Å². The largest absolute Gasteiger partial charge is 0.469 e. The number of esters is 1. The Bertz CT molecular complexity index is 409. The Hall–Kier alpha value is -1.70. The van der Waals surface area contributed by atoms with Crippen LogP contribution < -0.4 is 0 Å². The minimum Gasteiger partial charge on any atom is -0.469 e. The molecular weight excluding hydrogens is 258 g/mol. The van der Waals surface area contributed by atoms with Gasteiger partial charge in [0.05, 0.1) is 12.5 Å². The predicted octanol–water partition coefficient (Wildman–Crippen LogP) is 2.20. The van der Waals surface area contributed by atoms with Gasteiger partial charge < -0.3 is 14.4 Å². The summed E-state index contributed by atoms with van der Waals surface area (Å²) in [6.45, 7) is 6.38. The number of terminal acetylenes is 1. The number of amides is 1. The molecule has 5 heteroatoms. The maximum atomic E-state index is 12.0. The molecule has 0 aliphatic carbocycles. The molecule has 112 valence electrons. The molecule has 0 aromatic carbocycles. The Labute approximate surface area is 120 Å². The SMILES string of the molecule is C#CCC1(C(=O)OC)CCN(C(=O)OC(C)(C)C)CC1. The number of likely N-dealkylation sites (tertiary alicyclic amines) is 1. The van der Waals surface area contributed by atoms with E-state index in [1.165, 1.54) is 7.11 Å². The van der Waals surface area contributed by atoms with Crippen molar-refractivity contribution in [2.45, 2.75) is 45.6 Å². The molecule has 0 aromatic rings. The van der Waals surface area contributed by atoms with E-state index in [1.54, 1.807) is 4.90 Å². The van der Waals surface area contributed by atoms with E-state index in [-0.39, 0.29) is 12.1 Å². The predicted molar refractivity (Wildman–Crippen MR) is 74.9 cm³/mol. The summed E-state index contributed by atoms with van der Waals surface area (Å²) >= 11 is 0. The van der Waals surface area contributed by atoms with Crippen molar-refractivity contribution in [1.29, 1.82) is 0 Å². The third kappa shape index (κ3) is 3.89. The molecule has 0 radical (unpaired) electrons. The summed E-state index contributed by atoms with van der Waals surface area (Å²) < 4.78 is 10.2. The van der Waals surface area contributed by atoms with Gasteiger partial charge in [-0.25, -0.2) is 4.79 Å². The standard InChI is InChI=1S/C15H23NO4/c1-6-7-15(12(17)19-5)8-10-16(11-9-15)13(18)20-14(2,3)4/h1H,7-11H2,2-5H3. The maximum absolute atomic E-state index is 12.0. The van der Waals surface area contributed by atoms with Gasteiger partial charge in [0.1, 0.15) is 5.60 Å². The van der Waals surface area contributed by atoms with E-state index >= 15 is 0 Å². The second-order valence-corrected chi connectivity index (χ2v) is 6.12. The number of carbonyl (C=O) groups excluding carboxylic acids is 2. The van der Waals surface area contributed by atoms with Gasteiger partial charge in [0.2, 0.25) is 0 Å². The van der Waals surface area contributed by atoms with E-state index in [2.05, 4.69) is 5.92 Å². The van der Waals surface area contributed by atoms with Crippen LogP contribution in [-0.2, 0) is 14.3 Å². The van der Waals surface area contributed by atoms with Gasteiger partial charge in [-0.3, -0.25) is 4.79 Å². The summed E-state index contributed by atoms with van der Waals surface area (Å²) in [6, 6.07) is 0. The summed E-state index contributed by atoms with van der Waals surface area (Å²) in [6.07, 6.45) is 6.34. The smallest absolute Gasteiger partial charge is 0.410 e. The van der Waals surface area contributed by atoms with Crippen LogP contribution in [0.2, 0.25) is 0 Å². The quantitative estimate of drug-likeness (QED) is 0.575. The second-order valence-electron chi connectivity index (χ2n) is 6.12. The number of carbonyl (C=O) groups is 2. The average Bonchev–Trinajstić information content (AvgIpc) is 2.36. The number of piperidine rings is 1. The van der Waals surface area contributed by atoms with Gasteiger partial charge in [-0.05, 0) is 33.6 Å². The van der Waals surface area contributed by atoms with Crippen LogP contribution in [-0.4, -0.2) is 42.8 Å². The van der Waals surface area contributed by atoms with Crippen molar-refractivity contribution in [3.8, 4) is 12.3 Å². The molecule has 0 spiro atoms. The molecule has 1 aliphatic heterocycles. The third-order valence-electron chi connectivity index (χ3n) is 3.43. The third-order valence-corrected chi connectivity index (χ3v) is 3.43. The van der Waals surface area contributed by atoms with E-state index in [1.807, 2.05) is 20.8 Å². The molecular formula is C15H23NO4. The number of nitrogens with zero attached hydrogens (tertiary/aromatic N) is 1. The molecule has 0 atom stereocenters. The fourth-order valence-corrected chi connectivity index (χ4v) is 2.31. The number of hydrogen-bond donors (Lipinski definition) is 0. The monoisotopic (exact) mass is 281 g/mol. The summed E-state index contributed by atoms with van der Waals surface area (Å²) in [5.74, 6) is 2.25. The van der Waals surface area contributed by atoms with Crippen LogP contribution in [0.3, 0.4) is 0 Å². The van der Waals surface area contributed by atoms with Gasteiger partial charge >= 0.3 is 12.1 Å². The van der Waals surface area contributed by atoms with Crippen LogP contribution in [0.25, 0.3) is 0 Å². The fourth-order valence-electron chi connectivity index (χ4n) is 2.31. The molecule has 1 fully saturated rings. The van der Waals surface area contributed by atoms with Gasteiger partial charge in [-0.2, -0.15) is 0 Å². The molecule has 0 N–H and O–H groups in total. The minimum absolute atomic E-state index is 0.292. The van der Waals surface area contributed by atoms with Gasteiger partial charge in [0.25, 0.3) is 0 Å². The molecule has 1 amide bonds. The zero-order valence-corrected chi connectivity index (χ0v) is 12.7. The van der Waals surface area contributed by atoms with Crippen molar-refractivity contribution in [2.75, 3.05) is 20.2 Å². The second kappa shape index (κ2) is 6.17. The van der Waals surface area contributed by atoms with Gasteiger partial charge in [0, 0.05) is 19.5 Å². The van der Waals surface area contributed by atoms with Crippen LogP contribution in [0.1, 0.15) is 40.0 Å². The highest BCUT2D eigenvalue weighted by Crippen LogP contribution is 2.36. The van der Waals surface area contributed by atoms with Crippen LogP contribution in [0.4, 0.5) is 4.79 Å². The first-order valence-electron chi connectivity index (χ1n) is 6.74. The molecule has 1 heterocycles. The Morgan fingerprint density at radius 2 is 1.85 bits per heavy atom. The maximum Gasteiger partial charge on any atom is 0.410 e.